The second-order valence-corrected chi connectivity index (χ2v) is 30.7. The van der Waals surface area contributed by atoms with Crippen molar-refractivity contribution in [1.82, 2.24) is 16.0 Å². The van der Waals surface area contributed by atoms with E-state index in [0.717, 1.165) is 18.9 Å². The summed E-state index contributed by atoms with van der Waals surface area (Å²) in [5.74, 6) is -10.7. The van der Waals surface area contributed by atoms with Gasteiger partial charge in [-0.05, 0) is 139 Å². The lowest BCUT2D eigenvalue weighted by Crippen LogP contribution is -2.58. The summed E-state index contributed by atoms with van der Waals surface area (Å²) >= 11 is 0. The molecule has 0 spiro atoms. The summed E-state index contributed by atoms with van der Waals surface area (Å²) < 4.78 is 12.2. The number of esters is 1. The van der Waals surface area contributed by atoms with Gasteiger partial charge in [-0.1, -0.05) is 169 Å². The van der Waals surface area contributed by atoms with Gasteiger partial charge in [0.15, 0.2) is 12.1 Å². The minimum atomic E-state index is -2.58. The van der Waals surface area contributed by atoms with Gasteiger partial charge in [-0.15, -0.1) is 0 Å². The largest absolute Gasteiger partial charge is 0.480 e. The molecule has 100 heavy (non-hydrogen) atoms. The summed E-state index contributed by atoms with van der Waals surface area (Å²) in [6.45, 7) is 32.5. The first-order valence-electron chi connectivity index (χ1n) is 35.8. The number of rotatable bonds is 23. The van der Waals surface area contributed by atoms with Crippen molar-refractivity contribution in [1.29, 1.82) is 0 Å². The molecule has 0 saturated carbocycles. The number of Topliss-reactive ketones (excluding diaryl/α,β-unsaturated/α-hetero) is 1. The summed E-state index contributed by atoms with van der Waals surface area (Å²) in [5, 5.41) is 133. The first-order chi connectivity index (χ1) is 46.4. The van der Waals surface area contributed by atoms with Gasteiger partial charge < -0.3 is 81.6 Å². The molecular formula is C78H127N3O19. The molecule has 0 radical (unpaired) electrons. The SMILES string of the molecule is C/C1=C/CC(O)C(C)C(C(NC(=O)C(C)C(O)CCC(C)C(O)/C(C)=C/C(C)(C)C(O)C(CC(C)C)NC(=O)/C=C/C(C)(C)C(=O)C(C)C(O)C(C)C)C(C)O)OC(=O)[C@H](O)[C@H](C(=O)O)NC(=O)\C=C/C=C\C=C/C=C\C=C/CC2CC(C)CC(CC(O)C(C)C(O)/C(C)=C\C(C)C1O)O2. The van der Waals surface area contributed by atoms with Crippen molar-refractivity contribution in [2.75, 3.05) is 0 Å². The van der Waals surface area contributed by atoms with Crippen LogP contribution < -0.4 is 16.0 Å². The second kappa shape index (κ2) is 42.7. The van der Waals surface area contributed by atoms with Crippen LogP contribution in [0, 0.1) is 64.1 Å². The molecule has 2 bridgehead atoms. The first kappa shape index (κ1) is 90.3. The highest BCUT2D eigenvalue weighted by Crippen LogP contribution is 2.35. The number of ketones is 1. The minimum absolute atomic E-state index is 0.0362. The first-order valence-corrected chi connectivity index (χ1v) is 35.8. The minimum Gasteiger partial charge on any atom is -0.480 e. The van der Waals surface area contributed by atoms with Crippen LogP contribution in [0.2, 0.25) is 0 Å². The Balaban J connectivity index is 2.49. The number of cyclic esters (lactones) is 1. The predicted molar refractivity (Wildman–Crippen MR) is 387 cm³/mol. The van der Waals surface area contributed by atoms with Crippen molar-refractivity contribution in [3.05, 3.63) is 108 Å². The fraction of sp³-hybridized carbons (Fsp3) is 0.692. The number of carbonyl (C=O) groups excluding carboxylic acids is 5. The number of amides is 3. The van der Waals surface area contributed by atoms with E-state index in [-0.39, 0.29) is 49.1 Å². The normalized spacial score (nSPS) is 31.8. The van der Waals surface area contributed by atoms with Crippen LogP contribution in [0.1, 0.15) is 183 Å². The molecule has 22 nitrogen and oxygen atoms in total. The number of ether oxygens (including phenoxy) is 2. The van der Waals surface area contributed by atoms with Crippen LogP contribution in [0.4, 0.5) is 0 Å². The van der Waals surface area contributed by atoms with Gasteiger partial charge in [0.25, 0.3) is 0 Å². The molecule has 2 aliphatic rings. The quantitative estimate of drug-likeness (QED) is 0.0267. The van der Waals surface area contributed by atoms with Gasteiger partial charge in [0.1, 0.15) is 11.9 Å². The summed E-state index contributed by atoms with van der Waals surface area (Å²) in [6, 6.07) is -4.65. The lowest BCUT2D eigenvalue weighted by atomic mass is 9.77. The average Bonchev–Trinajstić information content (AvgIpc) is 0.842. The molecule has 3 amide bonds. The lowest BCUT2D eigenvalue weighted by molar-refractivity contribution is -0.174. The number of fused-ring (bicyclic) bond motifs is 2. The molecule has 23 atom stereocenters. The van der Waals surface area contributed by atoms with Crippen molar-refractivity contribution in [2.45, 2.75) is 280 Å². The molecule has 568 valence electrons. The van der Waals surface area contributed by atoms with E-state index >= 15 is 0 Å². The molecule has 0 aromatic rings. The van der Waals surface area contributed by atoms with Crippen LogP contribution in [0.15, 0.2) is 108 Å². The summed E-state index contributed by atoms with van der Waals surface area (Å²) in [5.41, 5.74) is -0.720. The average molecular weight is 1410 g/mol. The lowest BCUT2D eigenvalue weighted by Gasteiger charge is -2.37. The molecule has 22 heteroatoms. The van der Waals surface area contributed by atoms with Crippen LogP contribution >= 0.6 is 0 Å². The van der Waals surface area contributed by atoms with Gasteiger partial charge in [-0.2, -0.15) is 0 Å². The number of aliphatic carboxylic acids is 1. The van der Waals surface area contributed by atoms with Crippen molar-refractivity contribution in [2.24, 2.45) is 64.1 Å². The van der Waals surface area contributed by atoms with Gasteiger partial charge in [0.05, 0.1) is 85.1 Å². The fourth-order valence-electron chi connectivity index (χ4n) is 13.0. The topological polar surface area (TPSA) is 380 Å². The van der Waals surface area contributed by atoms with Gasteiger partial charge in [-0.3, -0.25) is 19.2 Å². The second-order valence-electron chi connectivity index (χ2n) is 30.7. The van der Waals surface area contributed by atoms with Crippen molar-refractivity contribution in [3.8, 4) is 0 Å². The Morgan fingerprint density at radius 2 is 1.28 bits per heavy atom. The number of allylic oxidation sites excluding steroid dienone is 9. The standard InChI is InChI=1S/C78H127N3O19/c1-43(2)37-58(79-63(87)35-36-77(16,17)72(93)54(14)66(88)44(3)4)73(94)78(18,19)42-50(10)68(90)47(7)32-34-60(84)53(13)74(95)81-64(55(15)82)71-52(12)59(83)33-31-46(6)67(89)48(8)40-49(9)69(91)51(11)61(85)41-57-39-45(5)38-56(99-57)29-27-25-23-21-20-22-24-26-28-30-62(86)80-65(75(96)97)70(92)76(98)100-71/h20-28,30-31,35-36,40,42-45,47-48,51-61,64-71,73,82-85,88-92,94H,29,32-34,37-39,41H2,1-19H3,(H,79,87)(H,80,86)(H,81,95)(H,96,97)/b22-20-,23-21-,26-24-,27-25-,30-28-,36-35+,46-31-,49-40-,50-42+/t45?,47?,48?,51?,52?,53?,54?,55?,56?,57?,58?,59?,60?,61?,64?,65-,66?,67?,68?,69?,70-,71?,73?/m1/s1. The number of carboxylic acids is 1. The van der Waals surface area contributed by atoms with Crippen LogP contribution in [0.3, 0.4) is 0 Å². The van der Waals surface area contributed by atoms with E-state index in [0.29, 0.717) is 41.9 Å². The molecule has 0 aliphatic carbocycles. The highest BCUT2D eigenvalue weighted by molar-refractivity contribution is 5.94. The predicted octanol–water partition coefficient (Wildman–Crippen LogP) is 7.53. The third-order valence-electron chi connectivity index (χ3n) is 19.8. The third-order valence-corrected chi connectivity index (χ3v) is 19.8. The van der Waals surface area contributed by atoms with Crippen LogP contribution in [-0.2, 0) is 38.2 Å². The Labute approximate surface area is 595 Å². The summed E-state index contributed by atoms with van der Waals surface area (Å²) in [7, 11) is 0. The Morgan fingerprint density at radius 1 is 0.700 bits per heavy atom. The van der Waals surface area contributed by atoms with E-state index in [9.17, 15) is 84.9 Å². The molecule has 1 saturated heterocycles. The molecule has 14 N–H and O–H groups in total. The van der Waals surface area contributed by atoms with Crippen LogP contribution in [0.25, 0.3) is 0 Å². The molecule has 2 heterocycles. The number of hydrogen-bond donors (Lipinski definition) is 14. The molecule has 2 rings (SSSR count). The molecule has 0 aromatic carbocycles. The third kappa shape index (κ3) is 29.5. The molecule has 21 unspecified atom stereocenters. The molecule has 1 fully saturated rings. The Bertz CT molecular complexity index is 2890. The smallest absolute Gasteiger partial charge is 0.338 e. The zero-order chi connectivity index (χ0) is 76.4. The van der Waals surface area contributed by atoms with E-state index in [1.54, 1.807) is 113 Å². The number of aliphatic hydroxyl groups excluding tert-OH is 10. The van der Waals surface area contributed by atoms with Crippen molar-refractivity contribution in [3.63, 3.8) is 0 Å². The maximum absolute atomic E-state index is 14.2. The fourth-order valence-corrected chi connectivity index (χ4v) is 13.0. The molecule has 2 aliphatic heterocycles. The number of hydrogen-bond acceptors (Lipinski definition) is 18. The Hall–Kier alpha value is -5.76. The zero-order valence-corrected chi connectivity index (χ0v) is 62.9. The number of aliphatic hydroxyl groups is 10. The van der Waals surface area contributed by atoms with Crippen molar-refractivity contribution >= 4 is 35.4 Å². The summed E-state index contributed by atoms with van der Waals surface area (Å²) in [4.78, 5) is 80.6. The monoisotopic (exact) mass is 1410 g/mol. The van der Waals surface area contributed by atoms with Crippen molar-refractivity contribution < 1.29 is 94.4 Å². The van der Waals surface area contributed by atoms with E-state index in [1.165, 1.54) is 51.2 Å². The van der Waals surface area contributed by atoms with E-state index in [1.807, 2.05) is 45.9 Å². The molecule has 0 aromatic heterocycles. The van der Waals surface area contributed by atoms with E-state index in [2.05, 4.69) is 22.9 Å². The van der Waals surface area contributed by atoms with Gasteiger partial charge in [0, 0.05) is 40.6 Å². The number of nitrogens with one attached hydrogen (secondary N) is 3. The maximum atomic E-state index is 14.2. The number of carboxylic acid groups (broad SMARTS) is 1. The van der Waals surface area contributed by atoms with Crippen LogP contribution in [0.5, 0.6) is 0 Å². The highest BCUT2D eigenvalue weighted by Gasteiger charge is 2.44. The zero-order valence-electron chi connectivity index (χ0n) is 62.9. The maximum Gasteiger partial charge on any atom is 0.338 e. The highest BCUT2D eigenvalue weighted by atomic mass is 16.6. The van der Waals surface area contributed by atoms with E-state index < -0.39 is 161 Å². The number of carbonyl (C=O) groups is 6. The summed E-state index contributed by atoms with van der Waals surface area (Å²) in [6.07, 6.45) is 11.5. The molecular weight excluding hydrogens is 1280 g/mol. The van der Waals surface area contributed by atoms with Gasteiger partial charge >= 0.3 is 11.9 Å². The van der Waals surface area contributed by atoms with Gasteiger partial charge in [-0.25, -0.2) is 9.59 Å². The van der Waals surface area contributed by atoms with Gasteiger partial charge in [0.2, 0.25) is 17.7 Å². The Kier molecular flexibility index (Phi) is 38.6. The van der Waals surface area contributed by atoms with Crippen LogP contribution in [-0.4, -0.2) is 189 Å². The van der Waals surface area contributed by atoms with E-state index in [4.69, 9.17) is 9.47 Å². The Morgan fingerprint density at radius 3 is 1.85 bits per heavy atom.